The molecule has 0 saturated heterocycles. The summed E-state index contributed by atoms with van der Waals surface area (Å²) in [6, 6.07) is 6.00. The molecule has 2 rings (SSSR count). The van der Waals surface area contributed by atoms with Crippen LogP contribution in [0.1, 0.15) is 27.2 Å². The number of imide groups is 1. The summed E-state index contributed by atoms with van der Waals surface area (Å²) in [5, 5.41) is 2.76. The van der Waals surface area contributed by atoms with Crippen molar-refractivity contribution in [3.8, 4) is 0 Å². The molecule has 0 aliphatic heterocycles. The number of thioether (sulfide) groups is 1. The normalized spacial score (nSPS) is 12.0. The average molecular weight is 420 g/mol. The van der Waals surface area contributed by atoms with E-state index >= 15 is 0 Å². The lowest BCUT2D eigenvalue weighted by atomic mass is 10.1. The highest BCUT2D eigenvalue weighted by molar-refractivity contribution is 7.99. The zero-order valence-corrected chi connectivity index (χ0v) is 17.3. The second-order valence-electron chi connectivity index (χ2n) is 6.83. The molecule has 0 saturated carbocycles. The number of benzene rings is 1. The van der Waals surface area contributed by atoms with Crippen molar-refractivity contribution in [3.63, 3.8) is 0 Å². The van der Waals surface area contributed by atoms with Gasteiger partial charge in [-0.05, 0) is 31.4 Å². The number of nitrogens with two attached hydrogens (primary N) is 1. The van der Waals surface area contributed by atoms with E-state index in [9.17, 15) is 19.2 Å². The van der Waals surface area contributed by atoms with E-state index in [4.69, 9.17) is 10.5 Å². The minimum Gasteiger partial charge on any atom is -0.452 e. The van der Waals surface area contributed by atoms with Gasteiger partial charge < -0.3 is 10.5 Å². The Hall–Kier alpha value is -2.88. The molecule has 0 bridgehead atoms. The number of rotatable bonds is 8. The average Bonchev–Trinajstić information content (AvgIpc) is 2.65. The van der Waals surface area contributed by atoms with E-state index < -0.39 is 24.0 Å². The molecule has 1 aromatic carbocycles. The van der Waals surface area contributed by atoms with Crippen LogP contribution >= 0.6 is 11.8 Å². The summed E-state index contributed by atoms with van der Waals surface area (Å²) in [5.74, 6) is -1.25. The van der Waals surface area contributed by atoms with Crippen molar-refractivity contribution in [1.82, 2.24) is 14.9 Å². The smallest absolute Gasteiger partial charge is 0.318 e. The Kier molecular flexibility index (Phi) is 7.77. The molecule has 1 aromatic heterocycles. The zero-order chi connectivity index (χ0) is 21.6. The van der Waals surface area contributed by atoms with Crippen molar-refractivity contribution in [2.45, 2.75) is 45.0 Å². The molecule has 3 amide bonds. The third-order valence-corrected chi connectivity index (χ3v) is 4.95. The molecule has 2 aromatic rings. The van der Waals surface area contributed by atoms with E-state index in [1.165, 1.54) is 6.92 Å². The lowest BCUT2D eigenvalue weighted by Crippen LogP contribution is -2.42. The molecule has 29 heavy (non-hydrogen) atoms. The molecule has 0 fully saturated rings. The number of hydrogen-bond donors (Lipinski definition) is 2. The van der Waals surface area contributed by atoms with Crippen molar-refractivity contribution >= 4 is 40.6 Å². The molecule has 1 atom stereocenters. The maximum Gasteiger partial charge on any atom is 0.318 e. The zero-order valence-electron chi connectivity index (χ0n) is 16.5. The molecule has 9 nitrogen and oxygen atoms in total. The van der Waals surface area contributed by atoms with Crippen LogP contribution in [0.3, 0.4) is 0 Å². The van der Waals surface area contributed by atoms with Crippen LogP contribution in [0.4, 0.5) is 4.79 Å². The fourth-order valence-corrected chi connectivity index (χ4v) is 3.28. The number of para-hydroxylation sites is 1. The number of nitrogens with zero attached hydrogens (tertiary/aromatic N) is 2. The molecule has 1 unspecified atom stereocenters. The number of carbonyl (C=O) groups is 3. The van der Waals surface area contributed by atoms with Gasteiger partial charge in [0, 0.05) is 6.54 Å². The Bertz CT molecular complexity index is 973. The predicted octanol–water partition coefficient (Wildman–Crippen LogP) is 1.66. The highest BCUT2D eigenvalue weighted by Gasteiger charge is 2.20. The molecule has 3 N–H and O–H groups in total. The first-order valence-corrected chi connectivity index (χ1v) is 10.1. The summed E-state index contributed by atoms with van der Waals surface area (Å²) in [6.45, 7) is 5.92. The number of urea groups is 1. The van der Waals surface area contributed by atoms with Gasteiger partial charge in [-0.15, -0.1) is 0 Å². The Morgan fingerprint density at radius 1 is 1.24 bits per heavy atom. The van der Waals surface area contributed by atoms with Crippen LogP contribution < -0.4 is 16.6 Å². The molecular weight excluding hydrogens is 396 g/mol. The molecule has 0 aliphatic rings. The largest absolute Gasteiger partial charge is 0.452 e. The fraction of sp³-hybridized carbons (Fsp3) is 0.421. The summed E-state index contributed by atoms with van der Waals surface area (Å²) in [7, 11) is 0. The number of fused-ring (bicyclic) bond motifs is 1. The minimum absolute atomic E-state index is 0.152. The Morgan fingerprint density at radius 2 is 1.93 bits per heavy atom. The number of amides is 3. The van der Waals surface area contributed by atoms with Crippen LogP contribution in [0.15, 0.2) is 34.2 Å². The van der Waals surface area contributed by atoms with Gasteiger partial charge in [-0.25, -0.2) is 9.78 Å². The van der Waals surface area contributed by atoms with Gasteiger partial charge in [0.25, 0.3) is 11.5 Å². The summed E-state index contributed by atoms with van der Waals surface area (Å²) in [4.78, 5) is 51.8. The maximum atomic E-state index is 12.9. The number of aromatic nitrogens is 2. The second-order valence-corrected chi connectivity index (χ2v) is 7.77. The van der Waals surface area contributed by atoms with Crippen LogP contribution in [0.25, 0.3) is 10.9 Å². The summed E-state index contributed by atoms with van der Waals surface area (Å²) >= 11 is 1.06. The van der Waals surface area contributed by atoms with E-state index in [1.54, 1.807) is 28.8 Å². The Balaban J connectivity index is 2.16. The predicted molar refractivity (Wildman–Crippen MR) is 109 cm³/mol. The first-order valence-electron chi connectivity index (χ1n) is 9.11. The minimum atomic E-state index is -1.18. The van der Waals surface area contributed by atoms with Crippen molar-refractivity contribution in [2.24, 2.45) is 11.7 Å². The van der Waals surface area contributed by atoms with Crippen molar-refractivity contribution in [3.05, 3.63) is 34.6 Å². The van der Waals surface area contributed by atoms with Gasteiger partial charge in [-0.2, -0.15) is 0 Å². The van der Waals surface area contributed by atoms with E-state index in [2.05, 4.69) is 18.8 Å². The Morgan fingerprint density at radius 3 is 2.59 bits per heavy atom. The topological polar surface area (TPSA) is 133 Å². The number of esters is 1. The van der Waals surface area contributed by atoms with Gasteiger partial charge in [0.2, 0.25) is 0 Å². The van der Waals surface area contributed by atoms with Crippen molar-refractivity contribution < 1.29 is 19.1 Å². The van der Waals surface area contributed by atoms with Crippen LogP contribution in [0.5, 0.6) is 0 Å². The maximum absolute atomic E-state index is 12.9. The van der Waals surface area contributed by atoms with Gasteiger partial charge in [0.1, 0.15) is 0 Å². The van der Waals surface area contributed by atoms with Gasteiger partial charge in [0.15, 0.2) is 11.3 Å². The summed E-state index contributed by atoms with van der Waals surface area (Å²) in [5.41, 5.74) is 5.25. The monoisotopic (exact) mass is 420 g/mol. The van der Waals surface area contributed by atoms with Crippen LogP contribution in [0, 0.1) is 5.92 Å². The SMILES string of the molecule is CC(C)CCn1c(SCC(=O)OC(C)C(=O)NC(N)=O)nc2ccccc2c1=O. The molecular formula is C19H24N4O5S. The molecule has 0 aliphatic carbocycles. The van der Waals surface area contributed by atoms with E-state index in [0.29, 0.717) is 28.5 Å². The standard InChI is InChI=1S/C19H24N4O5S/c1-11(2)8-9-23-17(26)13-6-4-5-7-14(13)21-19(23)29-10-15(24)28-12(3)16(25)22-18(20)27/h4-7,11-12H,8-10H2,1-3H3,(H3,20,22,25,27). The van der Waals surface area contributed by atoms with Crippen LogP contribution in [0.2, 0.25) is 0 Å². The lowest BCUT2D eigenvalue weighted by Gasteiger charge is -2.15. The fourth-order valence-electron chi connectivity index (χ4n) is 2.47. The summed E-state index contributed by atoms with van der Waals surface area (Å²) < 4.78 is 6.55. The number of carbonyl (C=O) groups excluding carboxylic acids is 3. The van der Waals surface area contributed by atoms with E-state index in [1.807, 2.05) is 5.32 Å². The van der Waals surface area contributed by atoms with Crippen LogP contribution in [-0.2, 0) is 20.9 Å². The van der Waals surface area contributed by atoms with E-state index in [0.717, 1.165) is 18.2 Å². The van der Waals surface area contributed by atoms with Gasteiger partial charge >= 0.3 is 12.0 Å². The van der Waals surface area contributed by atoms with E-state index in [-0.39, 0.29) is 11.3 Å². The molecule has 0 radical (unpaired) electrons. The van der Waals surface area contributed by atoms with Crippen molar-refractivity contribution in [1.29, 1.82) is 0 Å². The molecule has 156 valence electrons. The van der Waals surface area contributed by atoms with Crippen molar-refractivity contribution in [2.75, 3.05) is 5.75 Å². The molecule has 10 heteroatoms. The summed E-state index contributed by atoms with van der Waals surface area (Å²) in [6.07, 6.45) is -0.397. The quantitative estimate of drug-likeness (QED) is 0.377. The number of hydrogen-bond acceptors (Lipinski definition) is 7. The Labute approximate surface area is 172 Å². The molecule has 1 heterocycles. The highest BCUT2D eigenvalue weighted by atomic mass is 32.2. The van der Waals surface area contributed by atoms with Crippen LogP contribution in [-0.4, -0.2) is 39.3 Å². The lowest BCUT2D eigenvalue weighted by molar-refractivity contribution is -0.151. The number of primary amides is 1. The first-order chi connectivity index (χ1) is 13.7. The third-order valence-electron chi connectivity index (χ3n) is 4.00. The second kappa shape index (κ2) is 10.1. The first kappa shape index (κ1) is 22.4. The third kappa shape index (κ3) is 6.31. The van der Waals surface area contributed by atoms with Gasteiger partial charge in [0.05, 0.1) is 16.7 Å². The van der Waals surface area contributed by atoms with Gasteiger partial charge in [-0.1, -0.05) is 37.7 Å². The molecule has 0 spiro atoms. The number of ether oxygens (including phenoxy) is 1. The van der Waals surface area contributed by atoms with Gasteiger partial charge in [-0.3, -0.25) is 24.3 Å². The highest BCUT2D eigenvalue weighted by Crippen LogP contribution is 2.19. The number of nitrogens with one attached hydrogen (secondary N) is 1.